The Morgan fingerprint density at radius 2 is 1.97 bits per heavy atom. The first-order chi connectivity index (χ1) is 18.1. The van der Waals surface area contributed by atoms with Crippen LogP contribution >= 0.6 is 11.6 Å². The maximum atomic E-state index is 13.6. The first-order valence-electron chi connectivity index (χ1n) is 12.6. The van der Waals surface area contributed by atoms with Gasteiger partial charge in [0.2, 0.25) is 5.91 Å². The smallest absolute Gasteiger partial charge is 0.253 e. The molecule has 10 heteroatoms. The van der Waals surface area contributed by atoms with E-state index in [1.165, 1.54) is 0 Å². The molecule has 0 unspecified atom stereocenters. The predicted molar refractivity (Wildman–Crippen MR) is 149 cm³/mol. The number of nitrogens with zero attached hydrogens (tertiary/aromatic N) is 3. The normalized spacial score (nSPS) is 18.4. The Balaban J connectivity index is 1.36. The van der Waals surface area contributed by atoms with E-state index in [1.807, 2.05) is 39.8 Å². The lowest BCUT2D eigenvalue weighted by atomic mass is 10.0. The third-order valence-corrected chi connectivity index (χ3v) is 7.08. The summed E-state index contributed by atoms with van der Waals surface area (Å²) >= 11 is 6.43. The van der Waals surface area contributed by atoms with Crippen molar-refractivity contribution in [2.75, 3.05) is 25.0 Å². The van der Waals surface area contributed by atoms with E-state index in [4.69, 9.17) is 16.3 Å². The standard InChI is InChI=1S/C28H31ClN6O3/c1-16-5-7-30-11-21(16)26(36)32-17(2)13-35-15-28(3,4)38-14-24(35)27(37)34-22-10-18(29)9-20-19-6-8-31-12-23(19)33-25(20)22/h5-12,17,24,33H,13-15H2,1-4H3,(H,32,36)(H,34,37)/t17-,24-/m0/s1. The molecule has 5 rings (SSSR count). The number of morpholine rings is 1. The number of carbonyl (C=O) groups is 2. The zero-order chi connectivity index (χ0) is 27.0. The van der Waals surface area contributed by atoms with Crippen LogP contribution in [0.1, 0.15) is 36.7 Å². The molecule has 1 fully saturated rings. The number of amides is 2. The maximum absolute atomic E-state index is 13.6. The van der Waals surface area contributed by atoms with Gasteiger partial charge in [0.05, 0.1) is 40.7 Å². The van der Waals surface area contributed by atoms with Crippen LogP contribution in [0, 0.1) is 6.92 Å². The van der Waals surface area contributed by atoms with Gasteiger partial charge in [-0.25, -0.2) is 0 Å². The monoisotopic (exact) mass is 534 g/mol. The average Bonchev–Trinajstić information content (AvgIpc) is 3.22. The number of rotatable bonds is 6. The molecule has 2 atom stereocenters. The number of aryl methyl sites for hydroxylation is 1. The van der Waals surface area contributed by atoms with E-state index in [0.29, 0.717) is 29.4 Å². The molecule has 1 saturated heterocycles. The van der Waals surface area contributed by atoms with Crippen molar-refractivity contribution < 1.29 is 14.3 Å². The van der Waals surface area contributed by atoms with Crippen LogP contribution in [-0.2, 0) is 9.53 Å². The first kappa shape index (κ1) is 26.1. The molecule has 0 radical (unpaired) electrons. The number of halogens is 1. The molecule has 1 aliphatic rings. The van der Waals surface area contributed by atoms with Crippen LogP contribution in [0.3, 0.4) is 0 Å². The largest absolute Gasteiger partial charge is 0.372 e. The third kappa shape index (κ3) is 5.36. The Morgan fingerprint density at radius 3 is 2.76 bits per heavy atom. The van der Waals surface area contributed by atoms with Crippen molar-refractivity contribution in [2.45, 2.75) is 45.4 Å². The highest BCUT2D eigenvalue weighted by Crippen LogP contribution is 2.33. The minimum absolute atomic E-state index is 0.189. The summed E-state index contributed by atoms with van der Waals surface area (Å²) in [6.07, 6.45) is 6.70. The van der Waals surface area contributed by atoms with E-state index in [2.05, 4.69) is 30.5 Å². The Hall–Kier alpha value is -3.53. The zero-order valence-corrected chi connectivity index (χ0v) is 22.6. The molecule has 4 heterocycles. The van der Waals surface area contributed by atoms with Crippen molar-refractivity contribution in [3.63, 3.8) is 0 Å². The Morgan fingerprint density at radius 1 is 1.21 bits per heavy atom. The number of ether oxygens (including phenoxy) is 1. The third-order valence-electron chi connectivity index (χ3n) is 6.86. The highest BCUT2D eigenvalue weighted by Gasteiger charge is 2.38. The van der Waals surface area contributed by atoms with Crippen LogP contribution in [0.25, 0.3) is 21.8 Å². The fourth-order valence-corrected chi connectivity index (χ4v) is 5.24. The highest BCUT2D eigenvalue weighted by atomic mass is 35.5. The summed E-state index contributed by atoms with van der Waals surface area (Å²) in [6.45, 7) is 9.02. The van der Waals surface area contributed by atoms with Gasteiger partial charge in [0.1, 0.15) is 6.04 Å². The van der Waals surface area contributed by atoms with Crippen molar-refractivity contribution in [1.29, 1.82) is 0 Å². The minimum Gasteiger partial charge on any atom is -0.372 e. The van der Waals surface area contributed by atoms with Crippen LogP contribution in [0.15, 0.2) is 49.1 Å². The molecule has 1 aromatic carbocycles. The van der Waals surface area contributed by atoms with Gasteiger partial charge in [-0.3, -0.25) is 24.5 Å². The van der Waals surface area contributed by atoms with Gasteiger partial charge in [-0.15, -0.1) is 0 Å². The molecule has 3 N–H and O–H groups in total. The summed E-state index contributed by atoms with van der Waals surface area (Å²) in [4.78, 5) is 40.1. The molecule has 0 saturated carbocycles. The van der Waals surface area contributed by atoms with E-state index in [0.717, 1.165) is 27.4 Å². The molecule has 0 spiro atoms. The molecule has 0 aliphatic carbocycles. The van der Waals surface area contributed by atoms with E-state index < -0.39 is 11.6 Å². The second-order valence-corrected chi connectivity index (χ2v) is 10.9. The Labute approximate surface area is 225 Å². The first-order valence-corrected chi connectivity index (χ1v) is 12.9. The lowest BCUT2D eigenvalue weighted by Gasteiger charge is -2.43. The predicted octanol–water partition coefficient (Wildman–Crippen LogP) is 4.31. The van der Waals surface area contributed by atoms with E-state index in [9.17, 15) is 9.59 Å². The highest BCUT2D eigenvalue weighted by molar-refractivity contribution is 6.33. The van der Waals surface area contributed by atoms with Crippen molar-refractivity contribution in [3.05, 3.63) is 65.2 Å². The van der Waals surface area contributed by atoms with Gasteiger partial charge in [-0.1, -0.05) is 11.6 Å². The van der Waals surface area contributed by atoms with Gasteiger partial charge in [0, 0.05) is 53.5 Å². The van der Waals surface area contributed by atoms with Crippen molar-refractivity contribution in [3.8, 4) is 0 Å². The maximum Gasteiger partial charge on any atom is 0.253 e. The molecule has 0 bridgehead atoms. The van der Waals surface area contributed by atoms with E-state index in [-0.39, 0.29) is 24.5 Å². The number of anilines is 1. The van der Waals surface area contributed by atoms with Crippen molar-refractivity contribution >= 4 is 50.9 Å². The van der Waals surface area contributed by atoms with Crippen LogP contribution in [-0.4, -0.2) is 69.0 Å². The molecule has 1 aliphatic heterocycles. The van der Waals surface area contributed by atoms with Crippen LogP contribution in [0.2, 0.25) is 5.02 Å². The summed E-state index contributed by atoms with van der Waals surface area (Å²) < 4.78 is 6.03. The van der Waals surface area contributed by atoms with Gasteiger partial charge >= 0.3 is 0 Å². The molecule has 198 valence electrons. The van der Waals surface area contributed by atoms with Crippen molar-refractivity contribution in [1.82, 2.24) is 25.2 Å². The number of hydrogen-bond donors (Lipinski definition) is 3. The number of nitrogens with one attached hydrogen (secondary N) is 3. The molecule has 38 heavy (non-hydrogen) atoms. The Kier molecular flexibility index (Phi) is 7.09. The topological polar surface area (TPSA) is 112 Å². The fraction of sp³-hybridized carbons (Fsp3) is 0.357. The lowest BCUT2D eigenvalue weighted by molar-refractivity contribution is -0.143. The molecule has 3 aromatic heterocycles. The second kappa shape index (κ2) is 10.3. The summed E-state index contributed by atoms with van der Waals surface area (Å²) in [5.74, 6) is -0.395. The van der Waals surface area contributed by atoms with Crippen LogP contribution in [0.4, 0.5) is 5.69 Å². The number of pyridine rings is 2. The summed E-state index contributed by atoms with van der Waals surface area (Å²) in [5.41, 5.74) is 3.19. The number of fused-ring (bicyclic) bond motifs is 3. The van der Waals surface area contributed by atoms with Crippen molar-refractivity contribution in [2.24, 2.45) is 0 Å². The molecule has 2 amide bonds. The molecule has 4 aromatic rings. The summed E-state index contributed by atoms with van der Waals surface area (Å²) in [6, 6.07) is 6.56. The van der Waals surface area contributed by atoms with Crippen LogP contribution < -0.4 is 10.6 Å². The lowest BCUT2D eigenvalue weighted by Crippen LogP contribution is -2.60. The second-order valence-electron chi connectivity index (χ2n) is 10.5. The number of aromatic nitrogens is 3. The fourth-order valence-electron chi connectivity index (χ4n) is 5.02. The number of carbonyl (C=O) groups excluding carboxylic acids is 2. The molecular weight excluding hydrogens is 504 g/mol. The molecule has 9 nitrogen and oxygen atoms in total. The van der Waals surface area contributed by atoms with E-state index in [1.54, 1.807) is 36.9 Å². The molecular formula is C28H31ClN6O3. The van der Waals surface area contributed by atoms with Gasteiger partial charge < -0.3 is 20.4 Å². The van der Waals surface area contributed by atoms with Gasteiger partial charge in [-0.05, 0) is 57.5 Å². The van der Waals surface area contributed by atoms with Gasteiger partial charge in [0.25, 0.3) is 5.91 Å². The quantitative estimate of drug-likeness (QED) is 0.340. The number of hydrogen-bond acceptors (Lipinski definition) is 6. The minimum atomic E-state index is -0.553. The van der Waals surface area contributed by atoms with Gasteiger partial charge in [-0.2, -0.15) is 0 Å². The zero-order valence-electron chi connectivity index (χ0n) is 21.8. The Bertz CT molecular complexity index is 1520. The number of aromatic amines is 1. The summed E-state index contributed by atoms with van der Waals surface area (Å²) in [5, 5.41) is 8.52. The average molecular weight is 535 g/mol. The van der Waals surface area contributed by atoms with Gasteiger partial charge in [0.15, 0.2) is 0 Å². The van der Waals surface area contributed by atoms with E-state index >= 15 is 0 Å². The number of H-pyrrole nitrogens is 1. The number of benzene rings is 1. The van der Waals surface area contributed by atoms with Crippen LogP contribution in [0.5, 0.6) is 0 Å². The SMILES string of the molecule is Cc1ccncc1C(=O)N[C@@H](C)CN1CC(C)(C)OC[C@H]1C(=O)Nc1cc(Cl)cc2c1[nH]c1cnccc12. The summed E-state index contributed by atoms with van der Waals surface area (Å²) in [7, 11) is 0.